The summed E-state index contributed by atoms with van der Waals surface area (Å²) in [5.41, 5.74) is 0. The monoisotopic (exact) mass is 234 g/mol. The number of anilines is 2. The minimum absolute atomic E-state index is 0.652. The van der Waals surface area contributed by atoms with Crippen LogP contribution >= 0.6 is 0 Å². The molecule has 0 amide bonds. The van der Waals surface area contributed by atoms with Crippen LogP contribution in [0, 0.1) is 0 Å². The second-order valence-electron chi connectivity index (χ2n) is 4.60. The minimum Gasteiger partial charge on any atom is -0.370 e. The lowest BCUT2D eigenvalue weighted by molar-refractivity contribution is 0.322. The summed E-state index contributed by atoms with van der Waals surface area (Å²) in [4.78, 5) is 6.93. The Kier molecular flexibility index (Phi) is 4.20. The molecule has 1 aliphatic rings. The van der Waals surface area contributed by atoms with E-state index in [1.807, 2.05) is 18.2 Å². The Morgan fingerprint density at radius 2 is 2.12 bits per heavy atom. The van der Waals surface area contributed by atoms with Gasteiger partial charge >= 0.3 is 0 Å². The van der Waals surface area contributed by atoms with Crippen molar-refractivity contribution >= 4 is 11.6 Å². The van der Waals surface area contributed by atoms with Crippen LogP contribution in [-0.2, 0) is 0 Å². The number of aromatic nitrogens is 1. The van der Waals surface area contributed by atoms with Crippen molar-refractivity contribution in [3.05, 3.63) is 18.2 Å². The van der Waals surface area contributed by atoms with E-state index in [1.54, 1.807) is 0 Å². The van der Waals surface area contributed by atoms with Crippen molar-refractivity contribution in [2.75, 3.05) is 37.3 Å². The molecule has 1 saturated heterocycles. The van der Waals surface area contributed by atoms with Gasteiger partial charge in [-0.3, -0.25) is 0 Å². The molecule has 1 aromatic rings. The van der Waals surface area contributed by atoms with Crippen molar-refractivity contribution in [2.45, 2.75) is 25.8 Å². The average Bonchev–Trinajstić information content (AvgIpc) is 2.73. The van der Waals surface area contributed by atoms with Crippen molar-refractivity contribution in [1.29, 1.82) is 0 Å². The fourth-order valence-electron chi connectivity index (χ4n) is 2.27. The van der Waals surface area contributed by atoms with Gasteiger partial charge in [0.2, 0.25) is 0 Å². The van der Waals surface area contributed by atoms with Crippen LogP contribution in [0.4, 0.5) is 11.6 Å². The summed E-state index contributed by atoms with van der Waals surface area (Å²) in [6, 6.07) is 6.71. The first-order valence-corrected chi connectivity index (χ1v) is 6.44. The van der Waals surface area contributed by atoms with Crippen LogP contribution in [0.15, 0.2) is 18.2 Å². The van der Waals surface area contributed by atoms with E-state index in [4.69, 9.17) is 0 Å². The molecule has 1 unspecified atom stereocenters. The second-order valence-corrected chi connectivity index (χ2v) is 4.60. The van der Waals surface area contributed by atoms with Gasteiger partial charge in [-0.15, -0.1) is 0 Å². The molecule has 1 aromatic heterocycles. The average molecular weight is 234 g/mol. The van der Waals surface area contributed by atoms with Crippen LogP contribution < -0.4 is 10.6 Å². The molecule has 0 saturated carbocycles. The molecule has 4 nitrogen and oxygen atoms in total. The Morgan fingerprint density at radius 3 is 2.76 bits per heavy atom. The SMILES string of the molecule is CCNc1cccc(NCC2CCCN2C)n1. The molecule has 1 fully saturated rings. The van der Waals surface area contributed by atoms with Gasteiger partial charge in [-0.25, -0.2) is 4.98 Å². The fraction of sp³-hybridized carbons (Fsp3) is 0.615. The van der Waals surface area contributed by atoms with Crippen molar-refractivity contribution in [3.8, 4) is 0 Å². The zero-order chi connectivity index (χ0) is 12.1. The van der Waals surface area contributed by atoms with Crippen LogP contribution in [0.5, 0.6) is 0 Å². The Labute approximate surface area is 103 Å². The molecule has 2 rings (SSSR count). The molecule has 1 atom stereocenters. The molecule has 2 N–H and O–H groups in total. The normalized spacial score (nSPS) is 20.5. The summed E-state index contributed by atoms with van der Waals surface area (Å²) in [5.74, 6) is 1.90. The van der Waals surface area contributed by atoms with Crippen molar-refractivity contribution in [1.82, 2.24) is 9.88 Å². The van der Waals surface area contributed by atoms with Crippen LogP contribution in [0.25, 0.3) is 0 Å². The number of hydrogen-bond acceptors (Lipinski definition) is 4. The van der Waals surface area contributed by atoms with Crippen LogP contribution in [0.1, 0.15) is 19.8 Å². The molecule has 94 valence electrons. The van der Waals surface area contributed by atoms with E-state index < -0.39 is 0 Å². The predicted molar refractivity (Wildman–Crippen MR) is 72.5 cm³/mol. The fourth-order valence-corrected chi connectivity index (χ4v) is 2.27. The van der Waals surface area contributed by atoms with Gasteiger partial charge in [-0.2, -0.15) is 0 Å². The smallest absolute Gasteiger partial charge is 0.128 e. The Bertz CT molecular complexity index is 353. The minimum atomic E-state index is 0.652. The van der Waals surface area contributed by atoms with Crippen LogP contribution in [0.3, 0.4) is 0 Å². The lowest BCUT2D eigenvalue weighted by Crippen LogP contribution is -2.31. The Hall–Kier alpha value is -1.29. The van der Waals surface area contributed by atoms with Gasteiger partial charge in [0.05, 0.1) is 0 Å². The maximum Gasteiger partial charge on any atom is 0.128 e. The topological polar surface area (TPSA) is 40.2 Å². The maximum atomic E-state index is 4.51. The third-order valence-electron chi connectivity index (χ3n) is 3.30. The number of nitrogens with one attached hydrogen (secondary N) is 2. The molecule has 0 radical (unpaired) electrons. The molecule has 4 heteroatoms. The number of hydrogen-bond donors (Lipinski definition) is 2. The first-order chi connectivity index (χ1) is 8.29. The molecule has 1 aliphatic heterocycles. The first-order valence-electron chi connectivity index (χ1n) is 6.44. The van der Waals surface area contributed by atoms with E-state index in [0.29, 0.717) is 6.04 Å². The largest absolute Gasteiger partial charge is 0.370 e. The predicted octanol–water partition coefficient (Wildman–Crippen LogP) is 2.02. The Morgan fingerprint density at radius 1 is 1.35 bits per heavy atom. The van der Waals surface area contributed by atoms with Crippen molar-refractivity contribution < 1.29 is 0 Å². The van der Waals surface area contributed by atoms with Crippen molar-refractivity contribution in [3.63, 3.8) is 0 Å². The number of nitrogens with zero attached hydrogens (tertiary/aromatic N) is 2. The van der Waals surface area contributed by atoms with E-state index >= 15 is 0 Å². The molecule has 0 spiro atoms. The Balaban J connectivity index is 1.87. The summed E-state index contributed by atoms with van der Waals surface area (Å²) >= 11 is 0. The highest BCUT2D eigenvalue weighted by molar-refractivity contribution is 5.45. The standard InChI is InChI=1S/C13H22N4/c1-3-14-12-7-4-8-13(16-12)15-10-11-6-5-9-17(11)2/h4,7-8,11H,3,5-6,9-10H2,1-2H3,(H2,14,15,16). The lowest BCUT2D eigenvalue weighted by Gasteiger charge is -2.20. The highest BCUT2D eigenvalue weighted by Crippen LogP contribution is 2.16. The van der Waals surface area contributed by atoms with E-state index in [9.17, 15) is 0 Å². The van der Waals surface area contributed by atoms with Crippen LogP contribution in [-0.4, -0.2) is 42.6 Å². The second kappa shape index (κ2) is 5.87. The van der Waals surface area contributed by atoms with Gasteiger partial charge in [0, 0.05) is 19.1 Å². The van der Waals surface area contributed by atoms with Crippen molar-refractivity contribution in [2.24, 2.45) is 0 Å². The van der Waals surface area contributed by atoms with E-state index in [-0.39, 0.29) is 0 Å². The van der Waals surface area contributed by atoms with Gasteiger partial charge in [-0.1, -0.05) is 6.07 Å². The van der Waals surface area contributed by atoms with E-state index in [2.05, 4.69) is 34.5 Å². The van der Waals surface area contributed by atoms with Gasteiger partial charge < -0.3 is 15.5 Å². The number of rotatable bonds is 5. The number of likely N-dealkylation sites (N-methyl/N-ethyl adjacent to an activating group) is 1. The number of likely N-dealkylation sites (tertiary alicyclic amines) is 1. The molecule has 0 bridgehead atoms. The highest BCUT2D eigenvalue weighted by Gasteiger charge is 2.20. The molecule has 2 heterocycles. The first kappa shape index (κ1) is 12.2. The summed E-state index contributed by atoms with van der Waals surface area (Å²) in [5, 5.41) is 6.65. The zero-order valence-corrected chi connectivity index (χ0v) is 10.7. The van der Waals surface area contributed by atoms with Crippen LogP contribution in [0.2, 0.25) is 0 Å². The van der Waals surface area contributed by atoms with Gasteiger partial charge in [0.15, 0.2) is 0 Å². The molecule has 0 aliphatic carbocycles. The summed E-state index contributed by atoms with van der Waals surface area (Å²) in [6.07, 6.45) is 2.60. The number of pyridine rings is 1. The highest BCUT2D eigenvalue weighted by atomic mass is 15.2. The van der Waals surface area contributed by atoms with Gasteiger partial charge in [0.1, 0.15) is 11.6 Å². The third-order valence-corrected chi connectivity index (χ3v) is 3.30. The van der Waals surface area contributed by atoms with Gasteiger partial charge in [-0.05, 0) is 45.5 Å². The summed E-state index contributed by atoms with van der Waals surface area (Å²) in [6.45, 7) is 5.19. The molecular weight excluding hydrogens is 212 g/mol. The third kappa shape index (κ3) is 3.33. The quantitative estimate of drug-likeness (QED) is 0.817. The molecule has 17 heavy (non-hydrogen) atoms. The van der Waals surface area contributed by atoms with E-state index in [1.165, 1.54) is 19.4 Å². The van der Waals surface area contributed by atoms with Gasteiger partial charge in [0.25, 0.3) is 0 Å². The summed E-state index contributed by atoms with van der Waals surface area (Å²) in [7, 11) is 2.20. The maximum absolute atomic E-state index is 4.51. The molecule has 0 aromatic carbocycles. The van der Waals surface area contributed by atoms with E-state index in [0.717, 1.165) is 24.7 Å². The lowest BCUT2D eigenvalue weighted by atomic mass is 10.2. The molecular formula is C13H22N4. The summed E-state index contributed by atoms with van der Waals surface area (Å²) < 4.78 is 0. The zero-order valence-electron chi connectivity index (χ0n) is 10.7.